The number of aromatic carboxylic acids is 1. The molecule has 1 N–H and O–H groups in total. The maximum Gasteiger partial charge on any atom is 0.341 e. The van der Waals surface area contributed by atoms with Crippen LogP contribution in [0.25, 0.3) is 11.1 Å². The highest BCUT2D eigenvalue weighted by atomic mass is 19.1. The summed E-state index contributed by atoms with van der Waals surface area (Å²) in [6, 6.07) is 3.61. The number of carbonyl (C=O) groups is 2. The molecular weight excluding hydrogens is 348 g/mol. The van der Waals surface area contributed by atoms with Crippen molar-refractivity contribution in [1.29, 1.82) is 0 Å². The molecule has 0 aliphatic heterocycles. The molecule has 2 aromatic rings. The van der Waals surface area contributed by atoms with Gasteiger partial charge in [0.15, 0.2) is 0 Å². The number of carbonyl (C=O) groups excluding carboxylic acids is 1. The minimum absolute atomic E-state index is 0.0532. The molecular formula is C18H17F2NO5. The Hall–Kier alpha value is -3.03. The Kier molecular flexibility index (Phi) is 5.25. The van der Waals surface area contributed by atoms with E-state index in [0.29, 0.717) is 0 Å². The van der Waals surface area contributed by atoms with Gasteiger partial charge in [0.1, 0.15) is 29.3 Å². The second-order valence-electron chi connectivity index (χ2n) is 6.59. The lowest BCUT2D eigenvalue weighted by Crippen LogP contribution is -2.32. The number of hydrogen-bond donors (Lipinski definition) is 1. The molecule has 1 aromatic carbocycles. The van der Waals surface area contributed by atoms with E-state index in [4.69, 9.17) is 4.74 Å². The van der Waals surface area contributed by atoms with E-state index in [0.717, 1.165) is 35.0 Å². The number of benzene rings is 1. The zero-order valence-corrected chi connectivity index (χ0v) is 14.4. The van der Waals surface area contributed by atoms with Crippen LogP contribution < -0.4 is 5.56 Å². The van der Waals surface area contributed by atoms with Gasteiger partial charge < -0.3 is 14.4 Å². The quantitative estimate of drug-likeness (QED) is 0.842. The van der Waals surface area contributed by atoms with Crippen molar-refractivity contribution in [2.24, 2.45) is 0 Å². The van der Waals surface area contributed by atoms with Crippen LogP contribution in [-0.4, -0.2) is 27.2 Å². The van der Waals surface area contributed by atoms with Crippen molar-refractivity contribution in [2.75, 3.05) is 0 Å². The van der Waals surface area contributed by atoms with Gasteiger partial charge in [-0.25, -0.2) is 13.6 Å². The van der Waals surface area contributed by atoms with Crippen LogP contribution in [0.2, 0.25) is 0 Å². The average molecular weight is 365 g/mol. The van der Waals surface area contributed by atoms with Gasteiger partial charge >= 0.3 is 11.9 Å². The Bertz CT molecular complexity index is 928. The number of hydrogen-bond acceptors (Lipinski definition) is 4. The molecule has 138 valence electrons. The summed E-state index contributed by atoms with van der Waals surface area (Å²) in [5.41, 5.74) is -2.71. The van der Waals surface area contributed by atoms with Gasteiger partial charge in [-0.3, -0.25) is 9.59 Å². The van der Waals surface area contributed by atoms with Crippen LogP contribution in [0.4, 0.5) is 8.78 Å². The molecule has 0 saturated carbocycles. The van der Waals surface area contributed by atoms with Gasteiger partial charge in [0.05, 0.1) is 0 Å². The van der Waals surface area contributed by atoms with E-state index in [1.807, 2.05) is 0 Å². The lowest BCUT2D eigenvalue weighted by atomic mass is 10.0. The molecule has 0 spiro atoms. The fourth-order valence-corrected chi connectivity index (χ4v) is 2.29. The first-order chi connectivity index (χ1) is 12.0. The topological polar surface area (TPSA) is 85.6 Å². The Labute approximate surface area is 147 Å². The molecule has 0 aliphatic carbocycles. The van der Waals surface area contributed by atoms with Crippen molar-refractivity contribution in [3.63, 3.8) is 0 Å². The van der Waals surface area contributed by atoms with Gasteiger partial charge in [0.2, 0.25) is 0 Å². The van der Waals surface area contributed by atoms with E-state index in [1.165, 1.54) is 0 Å². The number of halogens is 2. The second-order valence-corrected chi connectivity index (χ2v) is 6.59. The van der Waals surface area contributed by atoms with Crippen LogP contribution in [0.1, 0.15) is 31.1 Å². The number of carboxylic acid groups (broad SMARTS) is 1. The molecule has 0 saturated heterocycles. The number of carboxylic acids is 1. The zero-order valence-electron chi connectivity index (χ0n) is 14.4. The first kappa shape index (κ1) is 19.3. The molecule has 6 nitrogen and oxygen atoms in total. The third-order valence-electron chi connectivity index (χ3n) is 3.28. The maximum atomic E-state index is 14.0. The van der Waals surface area contributed by atoms with Crippen LogP contribution in [-0.2, 0) is 16.1 Å². The van der Waals surface area contributed by atoms with Crippen molar-refractivity contribution in [2.45, 2.75) is 32.9 Å². The molecule has 0 bridgehead atoms. The van der Waals surface area contributed by atoms with E-state index in [-0.39, 0.29) is 11.1 Å². The van der Waals surface area contributed by atoms with Crippen molar-refractivity contribution in [3.05, 3.63) is 58.0 Å². The molecule has 0 aliphatic rings. The number of rotatable bonds is 4. The van der Waals surface area contributed by atoms with E-state index in [9.17, 15) is 28.3 Å². The summed E-state index contributed by atoms with van der Waals surface area (Å²) in [7, 11) is 0. The van der Waals surface area contributed by atoms with Gasteiger partial charge in [-0.15, -0.1) is 0 Å². The third kappa shape index (κ3) is 4.53. The van der Waals surface area contributed by atoms with E-state index in [2.05, 4.69) is 0 Å². The van der Waals surface area contributed by atoms with Crippen molar-refractivity contribution in [1.82, 2.24) is 4.57 Å². The van der Waals surface area contributed by atoms with Crippen LogP contribution in [0, 0.1) is 11.6 Å². The summed E-state index contributed by atoms with van der Waals surface area (Å²) in [4.78, 5) is 35.5. The van der Waals surface area contributed by atoms with Gasteiger partial charge in [-0.05, 0) is 45.0 Å². The Morgan fingerprint density at radius 1 is 1.19 bits per heavy atom. The molecule has 0 atom stereocenters. The normalized spacial score (nSPS) is 11.3. The van der Waals surface area contributed by atoms with E-state index < -0.39 is 46.8 Å². The Morgan fingerprint density at radius 2 is 1.85 bits per heavy atom. The van der Waals surface area contributed by atoms with Crippen molar-refractivity contribution in [3.8, 4) is 11.1 Å². The first-order valence-electron chi connectivity index (χ1n) is 7.63. The number of aromatic nitrogens is 1. The molecule has 0 fully saturated rings. The highest BCUT2D eigenvalue weighted by molar-refractivity contribution is 5.89. The summed E-state index contributed by atoms with van der Waals surface area (Å²) in [6.07, 6.45) is 1.09. The van der Waals surface area contributed by atoms with Crippen molar-refractivity contribution >= 4 is 11.9 Å². The van der Waals surface area contributed by atoms with Gasteiger partial charge in [-0.2, -0.15) is 0 Å². The first-order valence-corrected chi connectivity index (χ1v) is 7.63. The lowest BCUT2D eigenvalue weighted by Gasteiger charge is -2.20. The van der Waals surface area contributed by atoms with E-state index >= 15 is 0 Å². The molecule has 8 heteroatoms. The SMILES string of the molecule is CC(C)(C)OC(=O)Cn1cc(-c2cc(F)ccc2F)cc(C(=O)O)c1=O. The van der Waals surface area contributed by atoms with Crippen LogP contribution in [0.15, 0.2) is 35.3 Å². The summed E-state index contributed by atoms with van der Waals surface area (Å²) in [5, 5.41) is 9.21. The Morgan fingerprint density at radius 3 is 2.42 bits per heavy atom. The summed E-state index contributed by atoms with van der Waals surface area (Å²) in [5.74, 6) is -3.85. The molecule has 2 rings (SSSR count). The number of pyridine rings is 1. The predicted molar refractivity (Wildman–Crippen MR) is 88.9 cm³/mol. The van der Waals surface area contributed by atoms with Crippen LogP contribution >= 0.6 is 0 Å². The predicted octanol–water partition coefficient (Wildman–Crippen LogP) is 2.83. The van der Waals surface area contributed by atoms with Gasteiger partial charge in [0.25, 0.3) is 5.56 Å². The summed E-state index contributed by atoms with van der Waals surface area (Å²) < 4.78 is 33.4. The largest absolute Gasteiger partial charge is 0.477 e. The fraction of sp³-hybridized carbons (Fsp3) is 0.278. The molecule has 0 radical (unpaired) electrons. The Balaban J connectivity index is 2.57. The average Bonchev–Trinajstić information content (AvgIpc) is 2.49. The molecule has 1 heterocycles. The van der Waals surface area contributed by atoms with Gasteiger partial charge in [0, 0.05) is 17.3 Å². The molecule has 1 aromatic heterocycles. The van der Waals surface area contributed by atoms with Crippen molar-refractivity contribution < 1.29 is 28.2 Å². The fourth-order valence-electron chi connectivity index (χ4n) is 2.29. The molecule has 0 amide bonds. The number of nitrogens with zero attached hydrogens (tertiary/aromatic N) is 1. The lowest BCUT2D eigenvalue weighted by molar-refractivity contribution is -0.155. The number of esters is 1. The minimum Gasteiger partial charge on any atom is -0.477 e. The highest BCUT2D eigenvalue weighted by Gasteiger charge is 2.20. The van der Waals surface area contributed by atoms with E-state index in [1.54, 1.807) is 20.8 Å². The van der Waals surface area contributed by atoms with Gasteiger partial charge in [-0.1, -0.05) is 0 Å². The smallest absolute Gasteiger partial charge is 0.341 e. The highest BCUT2D eigenvalue weighted by Crippen LogP contribution is 2.24. The monoisotopic (exact) mass is 365 g/mol. The second kappa shape index (κ2) is 7.07. The van der Waals surface area contributed by atoms with Crippen LogP contribution in [0.5, 0.6) is 0 Å². The minimum atomic E-state index is -1.55. The standard InChI is InChI=1S/C18H17F2NO5/c1-18(2,3)26-15(22)9-21-8-10(6-13(16(21)23)17(24)25)12-7-11(19)4-5-14(12)20/h4-8H,9H2,1-3H3,(H,24,25). The maximum absolute atomic E-state index is 14.0. The summed E-state index contributed by atoms with van der Waals surface area (Å²) >= 11 is 0. The number of ether oxygens (including phenoxy) is 1. The summed E-state index contributed by atoms with van der Waals surface area (Å²) in [6.45, 7) is 4.33. The zero-order chi connectivity index (χ0) is 19.6. The molecule has 0 unspecified atom stereocenters. The van der Waals surface area contributed by atoms with Crippen LogP contribution in [0.3, 0.4) is 0 Å². The molecule has 26 heavy (non-hydrogen) atoms. The third-order valence-corrected chi connectivity index (χ3v) is 3.28.